The third-order valence-corrected chi connectivity index (χ3v) is 9.21. The summed E-state index contributed by atoms with van der Waals surface area (Å²) < 4.78 is 2.01. The van der Waals surface area contributed by atoms with Gasteiger partial charge < -0.3 is 16.0 Å². The molecule has 172 valence electrons. The molecule has 9 rings (SSSR count). The van der Waals surface area contributed by atoms with Crippen molar-refractivity contribution < 1.29 is 0 Å². The zero-order chi connectivity index (χ0) is 22.6. The van der Waals surface area contributed by atoms with Crippen molar-refractivity contribution >= 4 is 39.3 Å². The van der Waals surface area contributed by atoms with Gasteiger partial charge in [0, 0.05) is 0 Å². The number of anilines is 3. The van der Waals surface area contributed by atoms with Gasteiger partial charge in [-0.05, 0) is 97.1 Å². The fraction of sp³-hybridized carbons (Fsp3) is 0.444. The second-order valence-corrected chi connectivity index (χ2v) is 11.3. The van der Waals surface area contributed by atoms with Crippen LogP contribution in [0.4, 0.5) is 17.3 Å². The van der Waals surface area contributed by atoms with Gasteiger partial charge in [-0.1, -0.05) is 18.2 Å². The number of hydrogen-bond donors (Lipinski definition) is 3. The molecule has 2 heterocycles. The Morgan fingerprint density at radius 2 is 1.85 bits per heavy atom. The Morgan fingerprint density at radius 3 is 2.62 bits per heavy atom. The number of H-pyrrole nitrogens is 1. The van der Waals surface area contributed by atoms with Crippen LogP contribution in [0.25, 0.3) is 21.9 Å². The molecular weight excluding hydrogens is 424 g/mol. The fourth-order valence-corrected chi connectivity index (χ4v) is 8.37. The molecule has 0 atom stereocenters. The molecule has 4 saturated carbocycles. The van der Waals surface area contributed by atoms with Crippen LogP contribution in [0.1, 0.15) is 49.7 Å². The zero-order valence-electron chi connectivity index (χ0n) is 19.1. The van der Waals surface area contributed by atoms with Crippen molar-refractivity contribution in [2.45, 2.75) is 56.9 Å². The number of hydrogen-bond acceptors (Lipinski definition) is 5. The first-order valence-electron chi connectivity index (χ1n) is 12.6. The first-order chi connectivity index (χ1) is 16.6. The highest BCUT2D eigenvalue weighted by Crippen LogP contribution is 2.59. The lowest BCUT2D eigenvalue weighted by atomic mass is 9.53. The quantitative estimate of drug-likeness (QED) is 0.394. The Balaban J connectivity index is 1.35. The molecule has 0 aliphatic heterocycles. The average molecular weight is 453 g/mol. The second kappa shape index (κ2) is 6.40. The summed E-state index contributed by atoms with van der Waals surface area (Å²) in [5.74, 6) is 2.75. The van der Waals surface area contributed by atoms with E-state index in [2.05, 4.69) is 39.6 Å². The minimum atomic E-state index is -0.169. The van der Waals surface area contributed by atoms with E-state index < -0.39 is 0 Å². The van der Waals surface area contributed by atoms with Crippen molar-refractivity contribution in [3.8, 4) is 0 Å². The number of aromatic amines is 1. The highest BCUT2D eigenvalue weighted by atomic mass is 16.1. The Kier molecular flexibility index (Phi) is 3.58. The van der Waals surface area contributed by atoms with Crippen LogP contribution in [0, 0.1) is 17.8 Å². The Labute approximate surface area is 196 Å². The van der Waals surface area contributed by atoms with Crippen LogP contribution in [0.5, 0.6) is 0 Å². The van der Waals surface area contributed by atoms with E-state index in [1.807, 2.05) is 4.57 Å². The summed E-state index contributed by atoms with van der Waals surface area (Å²) in [4.78, 5) is 26.3. The number of nitrogens with one attached hydrogen (secondary N) is 2. The van der Waals surface area contributed by atoms with Crippen LogP contribution in [0.2, 0.25) is 0 Å². The van der Waals surface area contributed by atoms with Gasteiger partial charge in [0.2, 0.25) is 5.95 Å². The van der Waals surface area contributed by atoms with Gasteiger partial charge in [0.15, 0.2) is 11.2 Å². The highest BCUT2D eigenvalue weighted by Gasteiger charge is 2.53. The molecule has 7 nitrogen and oxygen atoms in total. The molecule has 7 heteroatoms. The van der Waals surface area contributed by atoms with E-state index in [9.17, 15) is 4.79 Å². The summed E-state index contributed by atoms with van der Waals surface area (Å²) >= 11 is 0. The number of benzene rings is 2. The number of aromatic nitrogens is 4. The van der Waals surface area contributed by atoms with E-state index in [0.717, 1.165) is 55.5 Å². The van der Waals surface area contributed by atoms with Crippen molar-refractivity contribution in [3.05, 3.63) is 52.1 Å². The van der Waals surface area contributed by atoms with Gasteiger partial charge in [0.1, 0.15) is 0 Å². The molecule has 0 radical (unpaired) electrons. The molecule has 4 N–H and O–H groups in total. The third kappa shape index (κ3) is 2.44. The maximum atomic E-state index is 14.0. The number of nitrogens with zero attached hydrogens (tertiary/aromatic N) is 3. The zero-order valence-corrected chi connectivity index (χ0v) is 19.1. The number of aryl methyl sites for hydroxylation is 2. The molecule has 0 amide bonds. The molecule has 0 saturated heterocycles. The maximum Gasteiger partial charge on any atom is 0.281 e. The molecule has 5 aliphatic carbocycles. The lowest BCUT2D eigenvalue weighted by Gasteiger charge is -2.57. The standard InChI is InChI=1S/C27H28N6O/c28-20-9-18-3-1-2-17-4-5-19(21(17)18)22(20)31-26-32-24-23(29-13-30-24)25(34)33(26)27-10-14-6-15(11-27)8-16(7-14)12-27/h1-3,9,13-16H,4-8,10-12,28H2,(H,29,30)(H,31,32). The third-order valence-electron chi connectivity index (χ3n) is 9.21. The SMILES string of the molecule is Nc1cc2cccc3c2c(c1Nc1nc2nc[nH]c2c(=O)n1C12CC4CC(CC(C4)C1)C2)CC3. The van der Waals surface area contributed by atoms with Crippen molar-refractivity contribution in [2.24, 2.45) is 17.8 Å². The van der Waals surface area contributed by atoms with E-state index in [0.29, 0.717) is 22.8 Å². The van der Waals surface area contributed by atoms with Crippen LogP contribution in [-0.4, -0.2) is 19.5 Å². The van der Waals surface area contributed by atoms with Gasteiger partial charge in [0.05, 0.1) is 23.2 Å². The highest BCUT2D eigenvalue weighted by molar-refractivity contribution is 6.00. The molecule has 4 bridgehead atoms. The summed E-state index contributed by atoms with van der Waals surface area (Å²) in [5, 5.41) is 6.08. The molecular formula is C27H28N6O. The van der Waals surface area contributed by atoms with Gasteiger partial charge in [-0.15, -0.1) is 0 Å². The molecule has 34 heavy (non-hydrogen) atoms. The number of imidazole rings is 1. The van der Waals surface area contributed by atoms with Crippen LogP contribution < -0.4 is 16.6 Å². The topological polar surface area (TPSA) is 102 Å². The first kappa shape index (κ1) is 19.0. The number of rotatable bonds is 3. The van der Waals surface area contributed by atoms with E-state index in [1.165, 1.54) is 41.2 Å². The number of nitrogen functional groups attached to an aromatic ring is 1. The number of fused-ring (bicyclic) bond motifs is 1. The molecule has 2 aromatic heterocycles. The first-order valence-corrected chi connectivity index (χ1v) is 12.6. The van der Waals surface area contributed by atoms with Crippen molar-refractivity contribution in [1.29, 1.82) is 0 Å². The normalized spacial score (nSPS) is 28.9. The Morgan fingerprint density at radius 1 is 1.09 bits per heavy atom. The number of nitrogens with two attached hydrogens (primary N) is 1. The van der Waals surface area contributed by atoms with Gasteiger partial charge in [0.25, 0.3) is 5.56 Å². The average Bonchev–Trinajstić information content (AvgIpc) is 3.44. The Hall–Kier alpha value is -3.35. The summed E-state index contributed by atoms with van der Waals surface area (Å²) in [6.07, 6.45) is 10.7. The van der Waals surface area contributed by atoms with Crippen molar-refractivity contribution in [1.82, 2.24) is 19.5 Å². The summed E-state index contributed by atoms with van der Waals surface area (Å²) in [5.41, 5.74) is 11.6. The van der Waals surface area contributed by atoms with Gasteiger partial charge in [-0.25, -0.2) is 4.98 Å². The molecule has 2 aromatic carbocycles. The molecule has 4 fully saturated rings. The van der Waals surface area contributed by atoms with Crippen LogP contribution in [0.3, 0.4) is 0 Å². The van der Waals surface area contributed by atoms with Crippen molar-refractivity contribution in [3.63, 3.8) is 0 Å². The predicted octanol–water partition coefficient (Wildman–Crippen LogP) is 4.62. The van der Waals surface area contributed by atoms with E-state index >= 15 is 0 Å². The summed E-state index contributed by atoms with van der Waals surface area (Å²) in [7, 11) is 0. The van der Waals surface area contributed by atoms with E-state index in [-0.39, 0.29) is 11.1 Å². The van der Waals surface area contributed by atoms with Crippen LogP contribution in [-0.2, 0) is 18.4 Å². The lowest BCUT2D eigenvalue weighted by molar-refractivity contribution is -0.0438. The van der Waals surface area contributed by atoms with Crippen LogP contribution in [0.15, 0.2) is 35.4 Å². The largest absolute Gasteiger partial charge is 0.397 e. The summed E-state index contributed by atoms with van der Waals surface area (Å²) in [6, 6.07) is 8.50. The molecule has 4 aromatic rings. The van der Waals surface area contributed by atoms with E-state index in [1.54, 1.807) is 6.33 Å². The fourth-order valence-electron chi connectivity index (χ4n) is 8.37. The summed E-state index contributed by atoms with van der Waals surface area (Å²) in [6.45, 7) is 0. The monoisotopic (exact) mass is 452 g/mol. The van der Waals surface area contributed by atoms with Crippen LogP contribution >= 0.6 is 0 Å². The second-order valence-electron chi connectivity index (χ2n) is 11.3. The van der Waals surface area contributed by atoms with Gasteiger partial charge >= 0.3 is 0 Å². The molecule has 0 spiro atoms. The predicted molar refractivity (Wildman–Crippen MR) is 133 cm³/mol. The van der Waals surface area contributed by atoms with Gasteiger partial charge in [-0.2, -0.15) is 4.98 Å². The minimum absolute atomic E-state index is 0.0107. The minimum Gasteiger partial charge on any atom is -0.397 e. The van der Waals surface area contributed by atoms with Gasteiger partial charge in [-0.3, -0.25) is 9.36 Å². The molecule has 0 unspecified atom stereocenters. The van der Waals surface area contributed by atoms with E-state index in [4.69, 9.17) is 10.7 Å². The molecule has 5 aliphatic rings. The lowest BCUT2D eigenvalue weighted by Crippen LogP contribution is -2.55. The maximum absolute atomic E-state index is 14.0. The Bertz CT molecular complexity index is 1530. The smallest absolute Gasteiger partial charge is 0.281 e. The van der Waals surface area contributed by atoms with Crippen molar-refractivity contribution in [2.75, 3.05) is 11.1 Å².